The molecule has 0 radical (unpaired) electrons. The zero-order valence-electron chi connectivity index (χ0n) is 18.2. The summed E-state index contributed by atoms with van der Waals surface area (Å²) < 4.78 is 0. The topological polar surface area (TPSA) is 46.1 Å². The van der Waals surface area contributed by atoms with E-state index in [2.05, 4.69) is 63.8 Å². The molecular weight excluding hydrogens is 426 g/mol. The Bertz CT molecular complexity index is 1490. The minimum Gasteiger partial charge on any atom is -0.325 e. The molecule has 0 fully saturated rings. The summed E-state index contributed by atoms with van der Waals surface area (Å²) in [4.78, 5) is 24.3. The van der Waals surface area contributed by atoms with E-state index >= 15 is 0 Å². The quantitative estimate of drug-likeness (QED) is 0.281. The number of carbonyl (C=O) groups excluding carboxylic acids is 1. The van der Waals surface area contributed by atoms with E-state index in [1.165, 1.54) is 16.7 Å². The first-order valence-electron chi connectivity index (χ1n) is 11.0. The van der Waals surface area contributed by atoms with Gasteiger partial charge in [-0.2, -0.15) is 0 Å². The molecule has 0 saturated carbocycles. The van der Waals surface area contributed by atoms with Gasteiger partial charge in [0.05, 0.1) is 5.39 Å². The number of carbonyl (C=O) groups is 1. The van der Waals surface area contributed by atoms with Crippen LogP contribution >= 0.6 is 11.3 Å². The van der Waals surface area contributed by atoms with Crippen LogP contribution in [0.1, 0.15) is 22.8 Å². The SMILES string of the molecule is CC(=O)c1ccc2c(c1)CCN2c1ncnc2scc(-c3ccc(-c4ccccc4)cc3)c12. The largest absolute Gasteiger partial charge is 0.325 e. The maximum atomic E-state index is 11.8. The van der Waals surface area contributed by atoms with Crippen LogP contribution in [0, 0.1) is 0 Å². The van der Waals surface area contributed by atoms with Gasteiger partial charge in [-0.05, 0) is 53.8 Å². The molecule has 0 saturated heterocycles. The summed E-state index contributed by atoms with van der Waals surface area (Å²) in [7, 11) is 0. The molecule has 0 amide bonds. The molecule has 0 atom stereocenters. The van der Waals surface area contributed by atoms with E-state index in [1.807, 2.05) is 24.3 Å². The highest BCUT2D eigenvalue weighted by atomic mass is 32.1. The Balaban J connectivity index is 1.43. The Kier molecular flexibility index (Phi) is 4.77. The van der Waals surface area contributed by atoms with Crippen LogP contribution in [0.4, 0.5) is 11.5 Å². The van der Waals surface area contributed by atoms with Crippen molar-refractivity contribution in [3.63, 3.8) is 0 Å². The maximum absolute atomic E-state index is 11.8. The fraction of sp³-hybridized carbons (Fsp3) is 0.107. The van der Waals surface area contributed by atoms with Crippen molar-refractivity contribution in [1.82, 2.24) is 9.97 Å². The lowest BCUT2D eigenvalue weighted by molar-refractivity contribution is 0.101. The summed E-state index contributed by atoms with van der Waals surface area (Å²) in [5, 5.41) is 3.26. The van der Waals surface area contributed by atoms with Crippen molar-refractivity contribution < 1.29 is 4.79 Å². The molecule has 0 aliphatic carbocycles. The molecule has 160 valence electrons. The zero-order chi connectivity index (χ0) is 22.4. The van der Waals surface area contributed by atoms with Gasteiger partial charge in [0.15, 0.2) is 5.78 Å². The van der Waals surface area contributed by atoms with Gasteiger partial charge >= 0.3 is 0 Å². The molecule has 0 unspecified atom stereocenters. The minimum atomic E-state index is 0.0970. The van der Waals surface area contributed by atoms with Gasteiger partial charge in [0.1, 0.15) is 17.0 Å². The Labute approximate surface area is 196 Å². The molecule has 2 aromatic heterocycles. The lowest BCUT2D eigenvalue weighted by atomic mass is 10.0. The Morgan fingerprint density at radius 1 is 0.909 bits per heavy atom. The van der Waals surface area contributed by atoms with Crippen LogP contribution in [0.2, 0.25) is 0 Å². The van der Waals surface area contributed by atoms with E-state index in [0.29, 0.717) is 0 Å². The average Bonchev–Trinajstić information content (AvgIpc) is 3.49. The first-order chi connectivity index (χ1) is 16.2. The molecule has 0 spiro atoms. The summed E-state index contributed by atoms with van der Waals surface area (Å²) in [6, 6.07) is 25.1. The van der Waals surface area contributed by atoms with E-state index in [1.54, 1.807) is 24.6 Å². The van der Waals surface area contributed by atoms with E-state index in [-0.39, 0.29) is 5.78 Å². The second kappa shape index (κ2) is 7.94. The van der Waals surface area contributed by atoms with Crippen LogP contribution in [0.15, 0.2) is 84.5 Å². The second-order valence-corrected chi connectivity index (χ2v) is 9.13. The van der Waals surface area contributed by atoms with E-state index in [4.69, 9.17) is 4.98 Å². The summed E-state index contributed by atoms with van der Waals surface area (Å²) >= 11 is 1.65. The van der Waals surface area contributed by atoms with Crippen LogP contribution < -0.4 is 4.90 Å². The Morgan fingerprint density at radius 2 is 1.67 bits per heavy atom. The minimum absolute atomic E-state index is 0.0970. The number of fused-ring (bicyclic) bond motifs is 2. The van der Waals surface area contributed by atoms with Crippen molar-refractivity contribution in [2.75, 3.05) is 11.4 Å². The number of hydrogen-bond donors (Lipinski definition) is 0. The number of ketones is 1. The van der Waals surface area contributed by atoms with E-state index < -0.39 is 0 Å². The number of anilines is 2. The van der Waals surface area contributed by atoms with Gasteiger partial charge in [0.25, 0.3) is 0 Å². The number of rotatable bonds is 4. The number of nitrogens with zero attached hydrogens (tertiary/aromatic N) is 3. The van der Waals surface area contributed by atoms with Crippen molar-refractivity contribution in [2.24, 2.45) is 0 Å². The number of hydrogen-bond acceptors (Lipinski definition) is 5. The van der Waals surface area contributed by atoms with Crippen molar-refractivity contribution in [3.8, 4) is 22.3 Å². The van der Waals surface area contributed by atoms with Crippen molar-refractivity contribution in [2.45, 2.75) is 13.3 Å². The first-order valence-corrected chi connectivity index (χ1v) is 11.9. The third kappa shape index (κ3) is 3.41. The number of aromatic nitrogens is 2. The second-order valence-electron chi connectivity index (χ2n) is 8.27. The zero-order valence-corrected chi connectivity index (χ0v) is 19.0. The van der Waals surface area contributed by atoms with Gasteiger partial charge in [-0.15, -0.1) is 11.3 Å². The smallest absolute Gasteiger partial charge is 0.159 e. The molecular formula is C28H21N3OS. The lowest BCUT2D eigenvalue weighted by Crippen LogP contribution is -2.15. The molecule has 1 aliphatic heterocycles. The molecule has 33 heavy (non-hydrogen) atoms. The van der Waals surface area contributed by atoms with Crippen LogP contribution in [-0.4, -0.2) is 22.3 Å². The highest BCUT2D eigenvalue weighted by molar-refractivity contribution is 7.17. The number of benzene rings is 3. The molecule has 3 aromatic carbocycles. The van der Waals surface area contributed by atoms with Gasteiger partial charge in [0, 0.05) is 28.7 Å². The fourth-order valence-corrected chi connectivity index (χ4v) is 5.50. The van der Waals surface area contributed by atoms with Gasteiger partial charge < -0.3 is 4.90 Å². The number of Topliss-reactive ketones (excluding diaryl/α,β-unsaturated/α-hetero) is 1. The van der Waals surface area contributed by atoms with E-state index in [9.17, 15) is 4.79 Å². The summed E-state index contributed by atoms with van der Waals surface area (Å²) in [5.41, 5.74) is 7.79. The standard InChI is InChI=1S/C28H21N3OS/c1-18(32)22-11-12-25-23(15-22)13-14-31(25)27-26-24(16-33-28(26)30-17-29-27)21-9-7-20(8-10-21)19-5-3-2-4-6-19/h2-12,15-17H,13-14H2,1H3. The predicted molar refractivity (Wildman–Crippen MR) is 135 cm³/mol. The molecule has 4 nitrogen and oxygen atoms in total. The summed E-state index contributed by atoms with van der Waals surface area (Å²) in [6.45, 7) is 2.45. The van der Waals surface area contributed by atoms with Gasteiger partial charge in [0.2, 0.25) is 0 Å². The highest BCUT2D eigenvalue weighted by Gasteiger charge is 2.25. The summed E-state index contributed by atoms with van der Waals surface area (Å²) in [5.74, 6) is 1.03. The van der Waals surface area contributed by atoms with Crippen LogP contribution in [0.3, 0.4) is 0 Å². The monoisotopic (exact) mass is 447 g/mol. The van der Waals surface area contributed by atoms with Gasteiger partial charge in [-0.25, -0.2) is 9.97 Å². The molecule has 6 rings (SSSR count). The predicted octanol–water partition coefficient (Wildman–Crippen LogP) is 6.92. The van der Waals surface area contributed by atoms with Crippen molar-refractivity contribution >= 4 is 38.8 Å². The van der Waals surface area contributed by atoms with Gasteiger partial charge in [-0.1, -0.05) is 54.6 Å². The average molecular weight is 448 g/mol. The molecule has 3 heterocycles. The maximum Gasteiger partial charge on any atom is 0.159 e. The molecule has 1 aliphatic rings. The fourth-order valence-electron chi connectivity index (χ4n) is 4.59. The number of thiophene rings is 1. The Hall–Kier alpha value is -3.83. The van der Waals surface area contributed by atoms with Crippen LogP contribution in [0.25, 0.3) is 32.5 Å². The van der Waals surface area contributed by atoms with Crippen LogP contribution in [-0.2, 0) is 6.42 Å². The van der Waals surface area contributed by atoms with Crippen molar-refractivity contribution in [3.05, 3.63) is 95.6 Å². The highest BCUT2D eigenvalue weighted by Crippen LogP contribution is 2.42. The molecule has 5 heteroatoms. The van der Waals surface area contributed by atoms with Crippen LogP contribution in [0.5, 0.6) is 0 Å². The molecule has 5 aromatic rings. The molecule has 0 N–H and O–H groups in total. The van der Waals surface area contributed by atoms with E-state index in [0.717, 1.165) is 51.4 Å². The summed E-state index contributed by atoms with van der Waals surface area (Å²) in [6.07, 6.45) is 2.55. The normalized spacial score (nSPS) is 12.8. The third-order valence-electron chi connectivity index (χ3n) is 6.29. The first kappa shape index (κ1) is 19.8. The van der Waals surface area contributed by atoms with Gasteiger partial charge in [-0.3, -0.25) is 4.79 Å². The Morgan fingerprint density at radius 3 is 2.45 bits per heavy atom. The third-order valence-corrected chi connectivity index (χ3v) is 7.18. The lowest BCUT2D eigenvalue weighted by Gasteiger charge is -2.20. The van der Waals surface area contributed by atoms with Crippen molar-refractivity contribution in [1.29, 1.82) is 0 Å². The molecule has 0 bridgehead atoms.